The van der Waals surface area contributed by atoms with Crippen molar-refractivity contribution in [2.24, 2.45) is 0 Å². The Hall–Kier alpha value is -1.81. The van der Waals surface area contributed by atoms with Gasteiger partial charge < -0.3 is 9.64 Å². The van der Waals surface area contributed by atoms with Crippen LogP contribution in [0, 0.1) is 0 Å². The number of halogens is 1. The summed E-state index contributed by atoms with van der Waals surface area (Å²) < 4.78 is 6.68. The number of amides is 1. The fourth-order valence-corrected chi connectivity index (χ4v) is 2.09. The highest BCUT2D eigenvalue weighted by atomic mass is 79.9. The quantitative estimate of drug-likeness (QED) is 0.845. The Morgan fingerprint density at radius 1 is 1.20 bits per heavy atom. The zero-order valence-corrected chi connectivity index (χ0v) is 13.1. The van der Waals surface area contributed by atoms with Crippen LogP contribution in [0.15, 0.2) is 53.0 Å². The van der Waals surface area contributed by atoms with E-state index in [1.165, 1.54) is 6.92 Å². The molecule has 0 heterocycles. The highest BCUT2D eigenvalue weighted by molar-refractivity contribution is 9.10. The molecule has 0 fully saturated rings. The van der Waals surface area contributed by atoms with E-state index in [2.05, 4.69) is 15.9 Å². The van der Waals surface area contributed by atoms with Crippen LogP contribution < -0.4 is 9.64 Å². The predicted octanol–water partition coefficient (Wildman–Crippen LogP) is 4.01. The average molecular weight is 334 g/mol. The first kappa shape index (κ1) is 14.6. The molecule has 0 N–H and O–H groups in total. The van der Waals surface area contributed by atoms with Gasteiger partial charge in [-0.15, -0.1) is 0 Å². The van der Waals surface area contributed by atoms with Crippen molar-refractivity contribution >= 4 is 27.5 Å². The first-order valence-electron chi connectivity index (χ1n) is 6.28. The molecule has 2 aromatic carbocycles. The summed E-state index contributed by atoms with van der Waals surface area (Å²) in [7, 11) is 1.74. The Kier molecular flexibility index (Phi) is 4.79. The van der Waals surface area contributed by atoms with Gasteiger partial charge in [0.15, 0.2) is 0 Å². The molecule has 1 amide bonds. The molecule has 0 saturated heterocycles. The molecule has 0 bridgehead atoms. The van der Waals surface area contributed by atoms with Crippen LogP contribution in [0.2, 0.25) is 0 Å². The van der Waals surface area contributed by atoms with Crippen molar-refractivity contribution in [3.8, 4) is 5.75 Å². The van der Waals surface area contributed by atoms with E-state index in [1.807, 2.05) is 48.5 Å². The van der Waals surface area contributed by atoms with Gasteiger partial charge in [-0.05, 0) is 33.6 Å². The third-order valence-electron chi connectivity index (χ3n) is 3.01. The normalized spacial score (nSPS) is 10.2. The Morgan fingerprint density at radius 2 is 1.90 bits per heavy atom. The highest BCUT2D eigenvalue weighted by Gasteiger charge is 2.09. The molecule has 0 unspecified atom stereocenters. The topological polar surface area (TPSA) is 29.5 Å². The number of nitrogens with zero attached hydrogens (tertiary/aromatic N) is 1. The molecule has 0 aliphatic rings. The fourth-order valence-electron chi connectivity index (χ4n) is 1.73. The molecule has 0 saturated carbocycles. The molecule has 0 radical (unpaired) electrons. The van der Waals surface area contributed by atoms with Gasteiger partial charge in [0.1, 0.15) is 12.4 Å². The lowest BCUT2D eigenvalue weighted by atomic mass is 10.2. The van der Waals surface area contributed by atoms with Gasteiger partial charge in [0.05, 0.1) is 4.47 Å². The number of ether oxygens (including phenoxy) is 1. The van der Waals surface area contributed by atoms with Gasteiger partial charge in [-0.2, -0.15) is 0 Å². The van der Waals surface area contributed by atoms with Crippen LogP contribution >= 0.6 is 15.9 Å². The number of carbonyl (C=O) groups excluding carboxylic acids is 1. The molecule has 4 heteroatoms. The summed E-state index contributed by atoms with van der Waals surface area (Å²) in [4.78, 5) is 13.0. The van der Waals surface area contributed by atoms with Crippen molar-refractivity contribution in [1.82, 2.24) is 0 Å². The number of hydrogen-bond acceptors (Lipinski definition) is 2. The van der Waals surface area contributed by atoms with Gasteiger partial charge >= 0.3 is 0 Å². The Labute approximate surface area is 127 Å². The average Bonchev–Trinajstić information content (AvgIpc) is 2.46. The second kappa shape index (κ2) is 6.57. The van der Waals surface area contributed by atoms with E-state index in [-0.39, 0.29) is 5.91 Å². The van der Waals surface area contributed by atoms with Crippen LogP contribution in [0.1, 0.15) is 12.5 Å². The summed E-state index contributed by atoms with van der Waals surface area (Å²) in [5.74, 6) is 0.709. The second-order valence-electron chi connectivity index (χ2n) is 4.47. The highest BCUT2D eigenvalue weighted by Crippen LogP contribution is 2.30. The minimum absolute atomic E-state index is 0.0127. The summed E-state index contributed by atoms with van der Waals surface area (Å²) in [6.45, 7) is 2.03. The molecule has 2 rings (SSSR count). The molecule has 0 aliphatic carbocycles. The third kappa shape index (κ3) is 3.61. The van der Waals surface area contributed by atoms with Crippen LogP contribution in [0.3, 0.4) is 0 Å². The first-order valence-corrected chi connectivity index (χ1v) is 7.08. The van der Waals surface area contributed by atoms with Gasteiger partial charge in [-0.3, -0.25) is 4.79 Å². The molecule has 0 spiro atoms. The lowest BCUT2D eigenvalue weighted by Crippen LogP contribution is -2.22. The number of carbonyl (C=O) groups is 1. The standard InChI is InChI=1S/C16H16BrNO2/c1-12(19)18(2)14-8-9-15(17)16(10-14)20-11-13-6-4-3-5-7-13/h3-10H,11H2,1-2H3. The SMILES string of the molecule is CC(=O)N(C)c1ccc(Br)c(OCc2ccccc2)c1. The molecular formula is C16H16BrNO2. The molecule has 0 atom stereocenters. The van der Waals surface area contributed by atoms with E-state index in [1.54, 1.807) is 11.9 Å². The summed E-state index contributed by atoms with van der Waals surface area (Å²) in [5.41, 5.74) is 1.91. The lowest BCUT2D eigenvalue weighted by Gasteiger charge is -2.17. The first-order chi connectivity index (χ1) is 9.58. The van der Waals surface area contributed by atoms with Crippen LogP contribution in [0.25, 0.3) is 0 Å². The number of benzene rings is 2. The summed E-state index contributed by atoms with van der Waals surface area (Å²) in [6.07, 6.45) is 0. The van der Waals surface area contributed by atoms with E-state index >= 15 is 0 Å². The van der Waals surface area contributed by atoms with Crippen molar-refractivity contribution in [1.29, 1.82) is 0 Å². The number of anilines is 1. The molecule has 3 nitrogen and oxygen atoms in total. The van der Waals surface area contributed by atoms with E-state index in [0.29, 0.717) is 6.61 Å². The summed E-state index contributed by atoms with van der Waals surface area (Å²) in [6, 6.07) is 15.6. The van der Waals surface area contributed by atoms with Crippen LogP contribution in [0.5, 0.6) is 5.75 Å². The maximum Gasteiger partial charge on any atom is 0.223 e. The maximum atomic E-state index is 11.4. The number of rotatable bonds is 4. The fraction of sp³-hybridized carbons (Fsp3) is 0.188. The van der Waals surface area contributed by atoms with Crippen molar-refractivity contribution in [3.63, 3.8) is 0 Å². The lowest BCUT2D eigenvalue weighted by molar-refractivity contribution is -0.116. The summed E-state index contributed by atoms with van der Waals surface area (Å²) >= 11 is 3.46. The van der Waals surface area contributed by atoms with Crippen LogP contribution in [-0.2, 0) is 11.4 Å². The predicted molar refractivity (Wildman–Crippen MR) is 84.0 cm³/mol. The minimum Gasteiger partial charge on any atom is -0.488 e. The van der Waals surface area contributed by atoms with Crippen molar-refractivity contribution < 1.29 is 9.53 Å². The Morgan fingerprint density at radius 3 is 2.55 bits per heavy atom. The van der Waals surface area contributed by atoms with Crippen molar-refractivity contribution in [2.75, 3.05) is 11.9 Å². The maximum absolute atomic E-state index is 11.4. The monoisotopic (exact) mass is 333 g/mol. The van der Waals surface area contributed by atoms with Gasteiger partial charge in [-0.25, -0.2) is 0 Å². The molecule has 0 aliphatic heterocycles. The van der Waals surface area contributed by atoms with E-state index in [4.69, 9.17) is 4.74 Å². The smallest absolute Gasteiger partial charge is 0.223 e. The Bertz CT molecular complexity index is 599. The van der Waals surface area contributed by atoms with Gasteiger partial charge in [0.25, 0.3) is 0 Å². The largest absolute Gasteiger partial charge is 0.488 e. The molecule has 0 aromatic heterocycles. The Balaban J connectivity index is 2.15. The van der Waals surface area contributed by atoms with Gasteiger partial charge in [0.2, 0.25) is 5.91 Å². The van der Waals surface area contributed by atoms with Crippen LogP contribution in [-0.4, -0.2) is 13.0 Å². The van der Waals surface area contributed by atoms with E-state index < -0.39 is 0 Å². The zero-order chi connectivity index (χ0) is 14.5. The summed E-state index contributed by atoms with van der Waals surface area (Å²) in [5, 5.41) is 0. The minimum atomic E-state index is -0.0127. The van der Waals surface area contributed by atoms with E-state index in [0.717, 1.165) is 21.5 Å². The molecular weight excluding hydrogens is 318 g/mol. The third-order valence-corrected chi connectivity index (χ3v) is 3.67. The van der Waals surface area contributed by atoms with Gasteiger partial charge in [0, 0.05) is 25.7 Å². The van der Waals surface area contributed by atoms with Gasteiger partial charge in [-0.1, -0.05) is 30.3 Å². The van der Waals surface area contributed by atoms with Crippen molar-refractivity contribution in [2.45, 2.75) is 13.5 Å². The second-order valence-corrected chi connectivity index (χ2v) is 5.32. The zero-order valence-electron chi connectivity index (χ0n) is 11.5. The van der Waals surface area contributed by atoms with Crippen LogP contribution in [0.4, 0.5) is 5.69 Å². The number of hydrogen-bond donors (Lipinski definition) is 0. The van der Waals surface area contributed by atoms with Crippen molar-refractivity contribution in [3.05, 3.63) is 58.6 Å². The van der Waals surface area contributed by atoms with E-state index in [9.17, 15) is 4.79 Å². The molecule has 2 aromatic rings. The molecule has 20 heavy (non-hydrogen) atoms. The molecule has 104 valence electrons.